The summed E-state index contributed by atoms with van der Waals surface area (Å²) in [6, 6.07) is 4.20. The van der Waals surface area contributed by atoms with Crippen molar-refractivity contribution < 1.29 is 0 Å². The van der Waals surface area contributed by atoms with E-state index in [1.807, 2.05) is 12.1 Å². The molecule has 1 rings (SSSR count). The van der Waals surface area contributed by atoms with Crippen molar-refractivity contribution in [3.05, 3.63) is 11.0 Å². The number of nitriles is 2. The minimum atomic E-state index is 0.165. The fourth-order valence-electron chi connectivity index (χ4n) is 1.49. The topological polar surface area (TPSA) is 59.6 Å². The molecule has 0 heterocycles. The van der Waals surface area contributed by atoms with Crippen LogP contribution < -0.4 is 4.72 Å². The van der Waals surface area contributed by atoms with E-state index < -0.39 is 0 Å². The first kappa shape index (κ1) is 11.1. The third-order valence-electron chi connectivity index (χ3n) is 2.26. The van der Waals surface area contributed by atoms with Crippen LogP contribution in [0.2, 0.25) is 0 Å². The van der Waals surface area contributed by atoms with Crippen molar-refractivity contribution in [2.24, 2.45) is 0 Å². The van der Waals surface area contributed by atoms with Gasteiger partial charge >= 0.3 is 0 Å². The SMILES string of the molecule is N#CC(C#N)=CSNC1CCCCC1. The molecule has 0 saturated heterocycles. The Morgan fingerprint density at radius 2 is 1.86 bits per heavy atom. The van der Waals surface area contributed by atoms with Crippen molar-refractivity contribution in [2.75, 3.05) is 0 Å². The van der Waals surface area contributed by atoms with Crippen LogP contribution in [0.4, 0.5) is 0 Å². The van der Waals surface area contributed by atoms with Gasteiger partial charge < -0.3 is 0 Å². The smallest absolute Gasteiger partial charge is 0.137 e. The quantitative estimate of drug-likeness (QED) is 0.570. The molecule has 0 aromatic heterocycles. The molecule has 1 aliphatic rings. The van der Waals surface area contributed by atoms with Crippen molar-refractivity contribution in [1.29, 1.82) is 10.5 Å². The first-order valence-corrected chi connectivity index (χ1v) is 5.66. The third-order valence-corrected chi connectivity index (χ3v) is 3.08. The fraction of sp³-hybridized carbons (Fsp3) is 0.600. The molecule has 14 heavy (non-hydrogen) atoms. The van der Waals surface area contributed by atoms with E-state index in [1.54, 1.807) is 5.41 Å². The normalized spacial score (nSPS) is 16.7. The number of nitrogens with one attached hydrogen (secondary N) is 1. The molecule has 1 saturated carbocycles. The lowest BCUT2D eigenvalue weighted by Gasteiger charge is -2.21. The molecule has 1 N–H and O–H groups in total. The van der Waals surface area contributed by atoms with E-state index >= 15 is 0 Å². The maximum atomic E-state index is 8.48. The molecule has 0 bridgehead atoms. The third kappa shape index (κ3) is 3.83. The van der Waals surface area contributed by atoms with Crippen LogP contribution in [0.25, 0.3) is 0 Å². The van der Waals surface area contributed by atoms with E-state index in [1.165, 1.54) is 44.1 Å². The zero-order valence-corrected chi connectivity index (χ0v) is 8.81. The van der Waals surface area contributed by atoms with Gasteiger partial charge in [0, 0.05) is 11.4 Å². The molecular weight excluding hydrogens is 194 g/mol. The predicted molar refractivity (Wildman–Crippen MR) is 56.9 cm³/mol. The van der Waals surface area contributed by atoms with Gasteiger partial charge in [-0.15, -0.1) is 0 Å². The zero-order valence-electron chi connectivity index (χ0n) is 7.99. The average Bonchev–Trinajstić information content (AvgIpc) is 2.26. The summed E-state index contributed by atoms with van der Waals surface area (Å²) >= 11 is 1.36. The van der Waals surface area contributed by atoms with Gasteiger partial charge in [-0.1, -0.05) is 31.2 Å². The zero-order chi connectivity index (χ0) is 10.2. The lowest BCUT2D eigenvalue weighted by atomic mass is 9.96. The van der Waals surface area contributed by atoms with Gasteiger partial charge in [0.25, 0.3) is 0 Å². The number of allylic oxidation sites excluding steroid dienone is 1. The number of nitrogens with zero attached hydrogens (tertiary/aromatic N) is 2. The number of hydrogen-bond donors (Lipinski definition) is 1. The van der Waals surface area contributed by atoms with Gasteiger partial charge in [-0.05, 0) is 12.8 Å². The Morgan fingerprint density at radius 1 is 1.21 bits per heavy atom. The molecule has 0 aromatic carbocycles. The van der Waals surface area contributed by atoms with Crippen molar-refractivity contribution >= 4 is 11.9 Å². The van der Waals surface area contributed by atoms with Crippen LogP contribution in [0.5, 0.6) is 0 Å². The molecule has 0 radical (unpaired) electrons. The molecule has 0 spiro atoms. The van der Waals surface area contributed by atoms with Crippen LogP contribution in [0.15, 0.2) is 11.0 Å². The van der Waals surface area contributed by atoms with Gasteiger partial charge in [0.1, 0.15) is 17.7 Å². The molecule has 0 amide bonds. The molecule has 0 aromatic rings. The second kappa shape index (κ2) is 6.48. The summed E-state index contributed by atoms with van der Waals surface area (Å²) in [5.41, 5.74) is 0.165. The fourth-order valence-corrected chi connectivity index (χ4v) is 2.21. The van der Waals surface area contributed by atoms with Crippen LogP contribution in [-0.4, -0.2) is 6.04 Å². The molecule has 0 aliphatic heterocycles. The average molecular weight is 207 g/mol. The van der Waals surface area contributed by atoms with Crippen LogP contribution >= 0.6 is 11.9 Å². The molecule has 1 aliphatic carbocycles. The molecule has 1 fully saturated rings. The van der Waals surface area contributed by atoms with Crippen molar-refractivity contribution in [2.45, 2.75) is 38.1 Å². The van der Waals surface area contributed by atoms with E-state index in [4.69, 9.17) is 10.5 Å². The summed E-state index contributed by atoms with van der Waals surface area (Å²) < 4.78 is 3.26. The first-order chi connectivity index (χ1) is 6.86. The predicted octanol–water partition coefficient (Wildman–Crippen LogP) is 2.49. The molecular formula is C10H13N3S. The monoisotopic (exact) mass is 207 g/mol. The standard InChI is InChI=1S/C10H13N3S/c11-6-9(7-12)8-14-13-10-4-2-1-3-5-10/h8,10,13H,1-5H2. The van der Waals surface area contributed by atoms with Gasteiger partial charge in [-0.25, -0.2) is 0 Å². The summed E-state index contributed by atoms with van der Waals surface area (Å²) in [4.78, 5) is 0. The highest BCUT2D eigenvalue weighted by atomic mass is 32.2. The van der Waals surface area contributed by atoms with Crippen LogP contribution in [0.1, 0.15) is 32.1 Å². The molecule has 0 atom stereocenters. The van der Waals surface area contributed by atoms with E-state index in [-0.39, 0.29) is 5.57 Å². The van der Waals surface area contributed by atoms with Crippen molar-refractivity contribution in [3.8, 4) is 12.1 Å². The summed E-state index contributed by atoms with van der Waals surface area (Å²) in [5.74, 6) is 0. The maximum Gasteiger partial charge on any atom is 0.137 e. The summed E-state index contributed by atoms with van der Waals surface area (Å²) in [7, 11) is 0. The molecule has 0 unspecified atom stereocenters. The van der Waals surface area contributed by atoms with Crippen molar-refractivity contribution in [1.82, 2.24) is 4.72 Å². The highest BCUT2D eigenvalue weighted by molar-refractivity contribution is 8.00. The Bertz CT molecular complexity index is 263. The lowest BCUT2D eigenvalue weighted by Crippen LogP contribution is -2.24. The van der Waals surface area contributed by atoms with Gasteiger partial charge in [0.15, 0.2) is 0 Å². The highest BCUT2D eigenvalue weighted by Gasteiger charge is 2.11. The van der Waals surface area contributed by atoms with Crippen LogP contribution in [0, 0.1) is 22.7 Å². The van der Waals surface area contributed by atoms with Gasteiger partial charge in [-0.3, -0.25) is 4.72 Å². The van der Waals surface area contributed by atoms with E-state index in [0.29, 0.717) is 6.04 Å². The largest absolute Gasteiger partial charge is 0.257 e. The first-order valence-electron chi connectivity index (χ1n) is 4.78. The number of hydrogen-bond acceptors (Lipinski definition) is 4. The Morgan fingerprint density at radius 3 is 2.43 bits per heavy atom. The van der Waals surface area contributed by atoms with Crippen LogP contribution in [0.3, 0.4) is 0 Å². The Labute approximate surface area is 88.9 Å². The Kier molecular flexibility index (Phi) is 5.14. The van der Waals surface area contributed by atoms with E-state index in [2.05, 4.69) is 4.72 Å². The van der Waals surface area contributed by atoms with Gasteiger partial charge in [0.05, 0.1) is 0 Å². The number of rotatable bonds is 3. The second-order valence-electron chi connectivity index (χ2n) is 3.33. The minimum absolute atomic E-state index is 0.165. The molecule has 4 heteroatoms. The summed E-state index contributed by atoms with van der Waals surface area (Å²) in [5, 5.41) is 18.5. The Balaban J connectivity index is 2.24. The van der Waals surface area contributed by atoms with Crippen LogP contribution in [-0.2, 0) is 0 Å². The summed E-state index contributed by atoms with van der Waals surface area (Å²) in [6.45, 7) is 0. The maximum absolute atomic E-state index is 8.48. The van der Waals surface area contributed by atoms with Crippen molar-refractivity contribution in [3.63, 3.8) is 0 Å². The lowest BCUT2D eigenvalue weighted by molar-refractivity contribution is 0.424. The van der Waals surface area contributed by atoms with Gasteiger partial charge in [-0.2, -0.15) is 10.5 Å². The van der Waals surface area contributed by atoms with E-state index in [0.717, 1.165) is 0 Å². The highest BCUT2D eigenvalue weighted by Crippen LogP contribution is 2.19. The van der Waals surface area contributed by atoms with Gasteiger partial charge in [0.2, 0.25) is 0 Å². The Hall–Kier alpha value is -0.970. The second-order valence-corrected chi connectivity index (χ2v) is 4.03. The molecule has 3 nitrogen and oxygen atoms in total. The minimum Gasteiger partial charge on any atom is -0.257 e. The summed E-state index contributed by atoms with van der Waals surface area (Å²) in [6.07, 6.45) is 6.31. The van der Waals surface area contributed by atoms with E-state index in [9.17, 15) is 0 Å². The molecule has 74 valence electrons.